The van der Waals surface area contributed by atoms with E-state index in [4.69, 9.17) is 4.74 Å². The average molecular weight is 438 g/mol. The van der Waals surface area contributed by atoms with Crippen LogP contribution in [0.3, 0.4) is 0 Å². The Labute approximate surface area is 182 Å². The molecule has 1 aliphatic carbocycles. The third kappa shape index (κ3) is 4.75. The smallest absolute Gasteiger partial charge is 0.208 e. The minimum atomic E-state index is -3.96. The van der Waals surface area contributed by atoms with E-state index in [9.17, 15) is 12.8 Å². The number of para-hydroxylation sites is 1. The Hall–Kier alpha value is -3.25. The summed E-state index contributed by atoms with van der Waals surface area (Å²) in [5, 5.41) is 0.448. The van der Waals surface area contributed by atoms with Crippen molar-refractivity contribution in [1.82, 2.24) is 4.98 Å². The summed E-state index contributed by atoms with van der Waals surface area (Å²) in [6, 6.07) is 4.58. The largest absolute Gasteiger partial charge is 0.504 e. The number of aromatic nitrogens is 1. The number of methoxy groups -OCH3 is 1. The Kier molecular flexibility index (Phi) is 7.02. The number of rotatable bonds is 6. The van der Waals surface area contributed by atoms with Crippen LogP contribution in [0, 0.1) is 5.82 Å². The summed E-state index contributed by atoms with van der Waals surface area (Å²) in [6.45, 7) is 3.72. The van der Waals surface area contributed by atoms with Crippen molar-refractivity contribution in [3.63, 3.8) is 0 Å². The van der Waals surface area contributed by atoms with Gasteiger partial charge in [-0.3, -0.25) is 4.98 Å². The second-order valence-electron chi connectivity index (χ2n) is 6.95. The Balaban J connectivity index is 2.35. The van der Waals surface area contributed by atoms with Gasteiger partial charge in [-0.05, 0) is 50.1 Å². The predicted molar refractivity (Wildman–Crippen MR) is 123 cm³/mol. The number of ether oxygens (including phenoxy) is 1. The molecule has 3 rings (SSSR count). The number of hydrogen-bond acceptors (Lipinski definition) is 4. The molecular weight excluding hydrogens is 413 g/mol. The number of nitrogens with zero attached hydrogens (tertiary/aromatic N) is 1. The second kappa shape index (κ2) is 9.71. The van der Waals surface area contributed by atoms with Gasteiger partial charge in [0.25, 0.3) is 0 Å². The van der Waals surface area contributed by atoms with E-state index in [1.165, 1.54) is 43.9 Å². The van der Waals surface area contributed by atoms with Crippen molar-refractivity contribution in [2.75, 3.05) is 7.11 Å². The first kappa shape index (κ1) is 22.4. The van der Waals surface area contributed by atoms with Gasteiger partial charge < -0.3 is 4.74 Å². The van der Waals surface area contributed by atoms with Crippen molar-refractivity contribution in [2.45, 2.75) is 25.2 Å². The van der Waals surface area contributed by atoms with Crippen molar-refractivity contribution >= 4 is 26.3 Å². The molecule has 1 heterocycles. The lowest BCUT2D eigenvalue weighted by atomic mass is 10.00. The van der Waals surface area contributed by atoms with Gasteiger partial charge in [-0.2, -0.15) is 0 Å². The molecule has 0 amide bonds. The Morgan fingerprint density at radius 1 is 1.23 bits per heavy atom. The number of benzene rings is 1. The summed E-state index contributed by atoms with van der Waals surface area (Å²) >= 11 is 0. The maximum absolute atomic E-state index is 14.5. The van der Waals surface area contributed by atoms with Gasteiger partial charge in [-0.25, -0.2) is 12.8 Å². The first-order valence-electron chi connectivity index (χ1n) is 9.80. The second-order valence-corrected chi connectivity index (χ2v) is 8.86. The zero-order chi connectivity index (χ0) is 22.4. The van der Waals surface area contributed by atoms with Crippen LogP contribution >= 0.6 is 0 Å². The molecule has 31 heavy (non-hydrogen) atoms. The molecule has 0 saturated heterocycles. The quantitative estimate of drug-likeness (QED) is 0.407. The average Bonchev–Trinajstić information content (AvgIpc) is 2.97. The molecule has 0 atom stereocenters. The van der Waals surface area contributed by atoms with Crippen molar-refractivity contribution in [2.24, 2.45) is 0 Å². The van der Waals surface area contributed by atoms with Gasteiger partial charge >= 0.3 is 0 Å². The molecule has 2 aromatic rings. The lowest BCUT2D eigenvalue weighted by Crippen LogP contribution is -2.08. The molecule has 0 fully saturated rings. The molecule has 0 N–H and O–H groups in total. The Morgan fingerprint density at radius 3 is 2.77 bits per heavy atom. The van der Waals surface area contributed by atoms with Crippen LogP contribution < -0.4 is 0 Å². The summed E-state index contributed by atoms with van der Waals surface area (Å²) in [5.74, 6) is -0.498. The Bertz CT molecular complexity index is 1280. The monoisotopic (exact) mass is 437 g/mol. The molecule has 0 aliphatic heterocycles. The van der Waals surface area contributed by atoms with Crippen LogP contribution in [-0.2, 0) is 14.6 Å². The number of hydrogen-bond donors (Lipinski definition) is 0. The van der Waals surface area contributed by atoms with Gasteiger partial charge in [-0.1, -0.05) is 48.1 Å². The van der Waals surface area contributed by atoms with E-state index < -0.39 is 15.7 Å². The van der Waals surface area contributed by atoms with Crippen LogP contribution in [-0.4, -0.2) is 20.5 Å². The first-order chi connectivity index (χ1) is 14.9. The van der Waals surface area contributed by atoms with Crippen molar-refractivity contribution in [3.8, 4) is 0 Å². The molecule has 0 radical (unpaired) electrons. The number of fused-ring (bicyclic) bond motifs is 1. The van der Waals surface area contributed by atoms with Crippen LogP contribution in [0.5, 0.6) is 0 Å². The van der Waals surface area contributed by atoms with Crippen LogP contribution in [0.2, 0.25) is 0 Å². The van der Waals surface area contributed by atoms with E-state index in [1.54, 1.807) is 25.1 Å². The van der Waals surface area contributed by atoms with Crippen LogP contribution in [0.4, 0.5) is 4.39 Å². The zero-order valence-electron chi connectivity index (χ0n) is 17.7. The van der Waals surface area contributed by atoms with Gasteiger partial charge in [0.15, 0.2) is 0 Å². The molecule has 0 saturated carbocycles. The van der Waals surface area contributed by atoms with Gasteiger partial charge in [0.1, 0.15) is 11.3 Å². The van der Waals surface area contributed by atoms with E-state index >= 15 is 0 Å². The third-order valence-electron chi connectivity index (χ3n) is 4.81. The molecule has 1 aliphatic rings. The molecule has 1 aromatic heterocycles. The molecule has 0 unspecified atom stereocenters. The maximum Gasteiger partial charge on any atom is 0.208 e. The van der Waals surface area contributed by atoms with Crippen molar-refractivity contribution < 1.29 is 17.5 Å². The fourth-order valence-corrected chi connectivity index (χ4v) is 4.84. The van der Waals surface area contributed by atoms with Crippen LogP contribution in [0.25, 0.3) is 16.5 Å². The zero-order valence-corrected chi connectivity index (χ0v) is 18.5. The fraction of sp³-hybridized carbons (Fsp3) is 0.160. The van der Waals surface area contributed by atoms with E-state index in [0.717, 1.165) is 5.57 Å². The van der Waals surface area contributed by atoms with Crippen LogP contribution in [0.1, 0.15) is 25.8 Å². The summed E-state index contributed by atoms with van der Waals surface area (Å²) in [5.41, 5.74) is 2.35. The van der Waals surface area contributed by atoms with Gasteiger partial charge in [-0.15, -0.1) is 0 Å². The topological polar surface area (TPSA) is 56.3 Å². The lowest BCUT2D eigenvalue weighted by molar-refractivity contribution is 0.338. The normalized spacial score (nSPS) is 15.4. The number of sulfone groups is 1. The highest BCUT2D eigenvalue weighted by Gasteiger charge is 2.26. The third-order valence-corrected chi connectivity index (χ3v) is 6.59. The van der Waals surface area contributed by atoms with Crippen molar-refractivity contribution in [3.05, 3.63) is 101 Å². The minimum absolute atomic E-state index is 0.0243. The van der Waals surface area contributed by atoms with Gasteiger partial charge in [0.2, 0.25) is 9.84 Å². The van der Waals surface area contributed by atoms with E-state index in [2.05, 4.69) is 4.98 Å². The molecule has 6 heteroatoms. The summed E-state index contributed by atoms with van der Waals surface area (Å²) in [6.07, 6.45) is 17.2. The highest BCUT2D eigenvalue weighted by molar-refractivity contribution is 7.95. The molecule has 160 valence electrons. The van der Waals surface area contributed by atoms with Gasteiger partial charge in [0, 0.05) is 17.1 Å². The summed E-state index contributed by atoms with van der Waals surface area (Å²) < 4.78 is 46.7. The van der Waals surface area contributed by atoms with E-state index in [-0.39, 0.29) is 15.3 Å². The Morgan fingerprint density at radius 2 is 2.03 bits per heavy atom. The molecular formula is C25H24FNO3S. The minimum Gasteiger partial charge on any atom is -0.504 e. The van der Waals surface area contributed by atoms with Crippen LogP contribution in [0.15, 0.2) is 94.6 Å². The molecule has 0 spiro atoms. The summed E-state index contributed by atoms with van der Waals surface area (Å²) in [7, 11) is -2.48. The molecule has 0 bridgehead atoms. The number of pyridine rings is 1. The highest BCUT2D eigenvalue weighted by Crippen LogP contribution is 2.36. The number of halogens is 1. The summed E-state index contributed by atoms with van der Waals surface area (Å²) in [4.78, 5) is 4.27. The molecule has 4 nitrogen and oxygen atoms in total. The fourth-order valence-electron chi connectivity index (χ4n) is 3.32. The van der Waals surface area contributed by atoms with Crippen molar-refractivity contribution in [1.29, 1.82) is 0 Å². The standard InChI is InChI=1S/C25H24FNO3S/c1-4-8-20(11-7-16-30-3)31(28,29)23-17-27-25-21(12-6-13-22(25)26)24(23)19-10-5-9-18(2)14-15-19/h4,6-17H,5H2,1-3H3/b8-4-,16-7+,20-11+. The van der Waals surface area contributed by atoms with E-state index in [1.807, 2.05) is 31.2 Å². The maximum atomic E-state index is 14.5. The van der Waals surface area contributed by atoms with E-state index in [0.29, 0.717) is 22.9 Å². The molecule has 1 aromatic carbocycles. The van der Waals surface area contributed by atoms with Gasteiger partial charge in [0.05, 0.1) is 23.2 Å². The SMILES string of the molecule is C\C=C/C(=C\C=C\OC)S(=O)(=O)c1cnc2c(F)cccc2c1C1=CCC=C(C)C=C1. The highest BCUT2D eigenvalue weighted by atomic mass is 32.2. The lowest BCUT2D eigenvalue weighted by Gasteiger charge is -2.15. The number of allylic oxidation sites excluding steroid dienone is 10. The predicted octanol–water partition coefficient (Wildman–Crippen LogP) is 6.06. The first-order valence-corrected chi connectivity index (χ1v) is 11.3.